The molecule has 0 N–H and O–H groups in total. The summed E-state index contributed by atoms with van der Waals surface area (Å²) in [5.41, 5.74) is 13.9. The highest BCUT2D eigenvalue weighted by molar-refractivity contribution is 6.19. The molecule has 2 heterocycles. The smallest absolute Gasteiger partial charge is 0.227 e. The van der Waals surface area contributed by atoms with E-state index in [9.17, 15) is 0 Å². The van der Waals surface area contributed by atoms with Gasteiger partial charge in [0.15, 0.2) is 5.58 Å². The van der Waals surface area contributed by atoms with Crippen molar-refractivity contribution in [3.05, 3.63) is 206 Å². The molecule has 0 saturated carbocycles. The van der Waals surface area contributed by atoms with E-state index in [1.54, 1.807) is 0 Å². The zero-order valence-corrected chi connectivity index (χ0v) is 30.8. The minimum absolute atomic E-state index is 0.580. The fourth-order valence-electron chi connectivity index (χ4n) is 8.25. The van der Waals surface area contributed by atoms with Gasteiger partial charge in [-0.15, -0.1) is 0 Å². The van der Waals surface area contributed by atoms with E-state index in [1.807, 2.05) is 48.5 Å². The summed E-state index contributed by atoms with van der Waals surface area (Å²) in [6.45, 7) is 0. The number of nitrogens with zero attached hydrogens (tertiary/aromatic N) is 2. The van der Waals surface area contributed by atoms with Gasteiger partial charge in [-0.1, -0.05) is 152 Å². The van der Waals surface area contributed by atoms with E-state index in [0.717, 1.165) is 77.9 Å². The van der Waals surface area contributed by atoms with Crippen LogP contribution in [0.25, 0.3) is 88.6 Å². The Morgan fingerprint density at radius 2 is 0.982 bits per heavy atom. The number of oxazole rings is 1. The van der Waals surface area contributed by atoms with Crippen molar-refractivity contribution in [2.24, 2.45) is 0 Å². The Kier molecular flexibility index (Phi) is 7.78. The van der Waals surface area contributed by atoms with Crippen molar-refractivity contribution in [1.29, 1.82) is 0 Å². The lowest BCUT2D eigenvalue weighted by Gasteiger charge is -2.28. The van der Waals surface area contributed by atoms with Crippen molar-refractivity contribution in [2.75, 3.05) is 4.90 Å². The van der Waals surface area contributed by atoms with Gasteiger partial charge in [0.25, 0.3) is 0 Å². The molecule has 0 aliphatic carbocycles. The molecule has 268 valence electrons. The second kappa shape index (κ2) is 13.6. The van der Waals surface area contributed by atoms with E-state index in [2.05, 4.69) is 163 Å². The summed E-state index contributed by atoms with van der Waals surface area (Å²) in [6, 6.07) is 72.3. The molecule has 0 spiro atoms. The van der Waals surface area contributed by atoms with Crippen LogP contribution in [-0.2, 0) is 0 Å². The molecular weight excluding hydrogens is 697 g/mol. The molecule has 2 aromatic heterocycles. The van der Waals surface area contributed by atoms with Gasteiger partial charge in [0.1, 0.15) is 16.7 Å². The maximum atomic E-state index is 6.66. The first-order chi connectivity index (χ1) is 28.3. The molecule has 0 bridgehead atoms. The van der Waals surface area contributed by atoms with Gasteiger partial charge < -0.3 is 13.7 Å². The fourth-order valence-corrected chi connectivity index (χ4v) is 8.25. The molecule has 0 unspecified atom stereocenters. The Bertz CT molecular complexity index is 3210. The molecule has 0 atom stereocenters. The van der Waals surface area contributed by atoms with Gasteiger partial charge in [0.05, 0.1) is 5.69 Å². The molecule has 0 aliphatic heterocycles. The quantitative estimate of drug-likeness (QED) is 0.164. The summed E-state index contributed by atoms with van der Waals surface area (Å²) >= 11 is 0. The number of hydrogen-bond acceptors (Lipinski definition) is 4. The number of hydrogen-bond donors (Lipinski definition) is 0. The number of aromatic nitrogens is 1. The Hall–Kier alpha value is -7.69. The van der Waals surface area contributed by atoms with E-state index in [4.69, 9.17) is 13.8 Å². The van der Waals surface area contributed by atoms with Gasteiger partial charge in [0.2, 0.25) is 5.89 Å². The van der Waals surface area contributed by atoms with E-state index in [-0.39, 0.29) is 0 Å². The van der Waals surface area contributed by atoms with E-state index < -0.39 is 0 Å². The highest BCUT2D eigenvalue weighted by Gasteiger charge is 2.23. The summed E-state index contributed by atoms with van der Waals surface area (Å²) in [7, 11) is 0. The maximum absolute atomic E-state index is 6.66. The zero-order chi connectivity index (χ0) is 37.7. The summed E-state index contributed by atoms with van der Waals surface area (Å²) in [5, 5.41) is 4.52. The van der Waals surface area contributed by atoms with Gasteiger partial charge in [-0.25, -0.2) is 4.98 Å². The predicted molar refractivity (Wildman–Crippen MR) is 235 cm³/mol. The van der Waals surface area contributed by atoms with Crippen molar-refractivity contribution < 1.29 is 8.83 Å². The van der Waals surface area contributed by atoms with Crippen LogP contribution >= 0.6 is 0 Å². The van der Waals surface area contributed by atoms with Crippen LogP contribution in [0, 0.1) is 0 Å². The highest BCUT2D eigenvalue weighted by atomic mass is 16.4. The van der Waals surface area contributed by atoms with Gasteiger partial charge in [-0.3, -0.25) is 0 Å². The molecule has 0 amide bonds. The second-order valence-electron chi connectivity index (χ2n) is 14.3. The van der Waals surface area contributed by atoms with Crippen LogP contribution in [0.2, 0.25) is 0 Å². The molecular formula is C53H34N2O2. The molecule has 11 rings (SSSR count). The average molecular weight is 731 g/mol. The van der Waals surface area contributed by atoms with Crippen LogP contribution in [0.4, 0.5) is 17.1 Å². The van der Waals surface area contributed by atoms with Crippen LogP contribution in [0.5, 0.6) is 0 Å². The molecule has 0 radical (unpaired) electrons. The number of benzene rings is 9. The predicted octanol–water partition coefficient (Wildman–Crippen LogP) is 15.0. The Morgan fingerprint density at radius 3 is 1.75 bits per heavy atom. The van der Waals surface area contributed by atoms with Gasteiger partial charge >= 0.3 is 0 Å². The monoisotopic (exact) mass is 730 g/mol. The molecule has 0 aliphatic rings. The average Bonchev–Trinajstić information content (AvgIpc) is 3.88. The first-order valence-corrected chi connectivity index (χ1v) is 19.2. The van der Waals surface area contributed by atoms with Crippen LogP contribution in [0.1, 0.15) is 0 Å². The van der Waals surface area contributed by atoms with Crippen molar-refractivity contribution in [1.82, 2.24) is 4.98 Å². The second-order valence-corrected chi connectivity index (χ2v) is 14.3. The number of anilines is 3. The number of para-hydroxylation sites is 2. The summed E-state index contributed by atoms with van der Waals surface area (Å²) in [4.78, 5) is 7.32. The fraction of sp³-hybridized carbons (Fsp3) is 0. The van der Waals surface area contributed by atoms with Crippen LogP contribution in [0.15, 0.2) is 215 Å². The third kappa shape index (κ3) is 5.66. The number of fused-ring (bicyclic) bond motifs is 5. The minimum atomic E-state index is 0.580. The highest BCUT2D eigenvalue weighted by Crippen LogP contribution is 2.46. The maximum Gasteiger partial charge on any atom is 0.227 e. The van der Waals surface area contributed by atoms with Gasteiger partial charge in [-0.05, 0) is 81.6 Å². The lowest BCUT2D eigenvalue weighted by molar-refractivity contribution is 0.621. The molecule has 4 heteroatoms. The lowest BCUT2D eigenvalue weighted by Crippen LogP contribution is -2.11. The Labute approximate surface area is 329 Å². The molecule has 4 nitrogen and oxygen atoms in total. The molecule has 9 aromatic carbocycles. The molecule has 11 aromatic rings. The van der Waals surface area contributed by atoms with Crippen LogP contribution in [-0.4, -0.2) is 4.98 Å². The van der Waals surface area contributed by atoms with Gasteiger partial charge in [0, 0.05) is 44.9 Å². The summed E-state index contributed by atoms with van der Waals surface area (Å²) < 4.78 is 13.1. The third-order valence-corrected chi connectivity index (χ3v) is 10.9. The SMILES string of the molecule is c1ccc(-c2nc3cc4oc5ccccc5c4c(-c4ccc(N(c5ccc(-c6cccc7ccccc67)cc5)c5ccccc5-c5ccccc5)cc4)c3o2)cc1. The molecule has 0 saturated heterocycles. The third-order valence-electron chi connectivity index (χ3n) is 10.9. The van der Waals surface area contributed by atoms with Crippen LogP contribution in [0.3, 0.4) is 0 Å². The topological polar surface area (TPSA) is 42.4 Å². The Balaban J connectivity index is 1.08. The summed E-state index contributed by atoms with van der Waals surface area (Å²) in [6.07, 6.45) is 0. The van der Waals surface area contributed by atoms with Gasteiger partial charge in [-0.2, -0.15) is 0 Å². The number of furan rings is 1. The zero-order valence-electron chi connectivity index (χ0n) is 30.8. The van der Waals surface area contributed by atoms with E-state index in [0.29, 0.717) is 5.89 Å². The lowest BCUT2D eigenvalue weighted by atomic mass is 9.97. The van der Waals surface area contributed by atoms with Crippen molar-refractivity contribution in [3.8, 4) is 44.8 Å². The number of rotatable bonds is 7. The van der Waals surface area contributed by atoms with Crippen molar-refractivity contribution in [3.63, 3.8) is 0 Å². The van der Waals surface area contributed by atoms with E-state index in [1.165, 1.54) is 21.9 Å². The first kappa shape index (κ1) is 32.7. The largest absolute Gasteiger partial charge is 0.456 e. The summed E-state index contributed by atoms with van der Waals surface area (Å²) in [5.74, 6) is 0.580. The minimum Gasteiger partial charge on any atom is -0.456 e. The van der Waals surface area contributed by atoms with Crippen molar-refractivity contribution >= 4 is 60.9 Å². The Morgan fingerprint density at radius 1 is 0.404 bits per heavy atom. The van der Waals surface area contributed by atoms with Crippen LogP contribution < -0.4 is 4.90 Å². The van der Waals surface area contributed by atoms with Crippen molar-refractivity contribution in [2.45, 2.75) is 0 Å². The molecule has 57 heavy (non-hydrogen) atoms. The standard InChI is InChI=1S/C53H34N2O2/c1-3-14-36(15-4-1)44-21-9-11-24-47(44)55(40-30-26-37(27-31-40)43-23-13-19-35-16-7-8-20-42(35)43)41-32-28-38(29-33-41)50-51-45-22-10-12-25-48(45)56-49(51)34-46-52(50)57-53(54-46)39-17-5-2-6-18-39/h1-34H. The molecule has 0 fully saturated rings. The first-order valence-electron chi connectivity index (χ1n) is 19.2. The van der Waals surface area contributed by atoms with E-state index >= 15 is 0 Å². The normalized spacial score (nSPS) is 11.5.